The summed E-state index contributed by atoms with van der Waals surface area (Å²) in [7, 11) is 1.68. The molecule has 0 unspecified atom stereocenters. The van der Waals surface area contributed by atoms with Crippen molar-refractivity contribution in [2.45, 2.75) is 32.9 Å². The largest absolute Gasteiger partial charge is 0.455 e. The summed E-state index contributed by atoms with van der Waals surface area (Å²) < 4.78 is 11.6. The van der Waals surface area contributed by atoms with E-state index in [0.717, 1.165) is 50.1 Å². The van der Waals surface area contributed by atoms with Gasteiger partial charge in [-0.25, -0.2) is 4.79 Å². The highest BCUT2D eigenvalue weighted by Gasteiger charge is 2.20. The average Bonchev–Trinajstić information content (AvgIpc) is 3.41. The third-order valence-corrected chi connectivity index (χ3v) is 7.21. The minimum atomic E-state index is -0.559. The van der Waals surface area contributed by atoms with Crippen molar-refractivity contribution in [3.8, 4) is 11.3 Å². The van der Waals surface area contributed by atoms with Crippen molar-refractivity contribution in [3.63, 3.8) is 0 Å². The Labute approximate surface area is 261 Å². The van der Waals surface area contributed by atoms with Crippen LogP contribution in [0.15, 0.2) is 114 Å². The Bertz CT molecular complexity index is 1990. The first-order chi connectivity index (χ1) is 21.6. The van der Waals surface area contributed by atoms with E-state index in [1.165, 1.54) is 4.90 Å². The summed E-state index contributed by atoms with van der Waals surface area (Å²) in [6, 6.07) is 32.7. The minimum absolute atomic E-state index is 0.221. The third-order valence-electron chi connectivity index (χ3n) is 7.21. The molecule has 0 saturated heterocycles. The molecular formula is C37H34N4O4. The number of fused-ring (bicyclic) bond motifs is 3. The number of carbonyl (C=O) groups excluding carboxylic acids is 2. The molecule has 0 radical (unpaired) electrons. The van der Waals surface area contributed by atoms with Crippen LogP contribution in [0.1, 0.15) is 36.7 Å². The van der Waals surface area contributed by atoms with Crippen LogP contribution in [-0.2, 0) is 11.3 Å². The summed E-state index contributed by atoms with van der Waals surface area (Å²) >= 11 is 0. The lowest BCUT2D eigenvalue weighted by Gasteiger charge is -2.24. The number of furan rings is 1. The molecule has 6 rings (SSSR count). The van der Waals surface area contributed by atoms with Gasteiger partial charge in [0.15, 0.2) is 0 Å². The molecule has 2 aromatic heterocycles. The Morgan fingerprint density at radius 2 is 1.53 bits per heavy atom. The first-order valence-electron chi connectivity index (χ1n) is 14.7. The molecule has 0 fully saturated rings. The predicted molar refractivity (Wildman–Crippen MR) is 179 cm³/mol. The van der Waals surface area contributed by atoms with E-state index in [1.54, 1.807) is 25.4 Å². The van der Waals surface area contributed by atoms with E-state index in [-0.39, 0.29) is 5.91 Å². The molecule has 2 heterocycles. The van der Waals surface area contributed by atoms with Gasteiger partial charge in [-0.3, -0.25) is 9.78 Å². The minimum Gasteiger partial charge on any atom is -0.455 e. The predicted octanol–water partition coefficient (Wildman–Crippen LogP) is 9.01. The molecule has 8 nitrogen and oxygen atoms in total. The van der Waals surface area contributed by atoms with Gasteiger partial charge in [-0.1, -0.05) is 42.5 Å². The van der Waals surface area contributed by atoms with Crippen molar-refractivity contribution < 1.29 is 18.7 Å². The van der Waals surface area contributed by atoms with Gasteiger partial charge in [0, 0.05) is 58.8 Å². The van der Waals surface area contributed by atoms with Crippen molar-refractivity contribution >= 4 is 51.0 Å². The lowest BCUT2D eigenvalue weighted by Crippen LogP contribution is -2.33. The maximum atomic E-state index is 12.9. The van der Waals surface area contributed by atoms with Crippen molar-refractivity contribution in [2.75, 3.05) is 17.7 Å². The fourth-order valence-electron chi connectivity index (χ4n) is 5.05. The molecule has 6 aromatic rings. The molecule has 0 spiro atoms. The molecule has 8 heteroatoms. The quantitative estimate of drug-likeness (QED) is 0.190. The summed E-state index contributed by atoms with van der Waals surface area (Å²) in [6.45, 7) is 5.87. The van der Waals surface area contributed by atoms with Crippen LogP contribution < -0.4 is 10.6 Å². The van der Waals surface area contributed by atoms with E-state index >= 15 is 0 Å². The standard InChI is InChI=1S/C37H34N4O4/c1-37(2,3)45-36(43)41(4)23-24-12-14-25(15-13-24)35(42)40-27-18-16-26(17-19-27)39-28-20-21-38-32(22-28)31-10-7-9-30-29-8-5-6-11-33(29)44-34(30)31/h5-22H,23H2,1-4H3,(H,38,39)(H,40,42). The lowest BCUT2D eigenvalue weighted by atomic mass is 10.1. The first-order valence-corrected chi connectivity index (χ1v) is 14.7. The van der Waals surface area contributed by atoms with Crippen LogP contribution in [0.4, 0.5) is 21.9 Å². The summed E-state index contributed by atoms with van der Waals surface area (Å²) in [5.41, 5.74) is 6.65. The summed E-state index contributed by atoms with van der Waals surface area (Å²) in [4.78, 5) is 31.2. The van der Waals surface area contributed by atoms with Gasteiger partial charge in [-0.2, -0.15) is 0 Å². The average molecular weight is 599 g/mol. The van der Waals surface area contributed by atoms with Crippen LogP contribution in [0.3, 0.4) is 0 Å². The van der Waals surface area contributed by atoms with Crippen molar-refractivity contribution in [2.24, 2.45) is 0 Å². The number of hydrogen-bond donors (Lipinski definition) is 2. The van der Waals surface area contributed by atoms with Gasteiger partial charge in [0.1, 0.15) is 16.8 Å². The number of nitrogens with one attached hydrogen (secondary N) is 2. The van der Waals surface area contributed by atoms with E-state index in [2.05, 4.69) is 27.8 Å². The van der Waals surface area contributed by atoms with Gasteiger partial charge in [0.05, 0.1) is 5.69 Å². The molecule has 2 N–H and O–H groups in total. The highest BCUT2D eigenvalue weighted by Crippen LogP contribution is 2.35. The number of rotatable bonds is 7. The Morgan fingerprint density at radius 3 is 2.29 bits per heavy atom. The Hall–Kier alpha value is -5.63. The number of para-hydroxylation sites is 2. The monoisotopic (exact) mass is 598 g/mol. The number of carbonyl (C=O) groups is 2. The first kappa shape index (κ1) is 29.4. The fraction of sp³-hybridized carbons (Fsp3) is 0.162. The van der Waals surface area contributed by atoms with Crippen LogP contribution in [-0.4, -0.2) is 34.5 Å². The van der Waals surface area contributed by atoms with Gasteiger partial charge in [0.2, 0.25) is 0 Å². The van der Waals surface area contributed by atoms with E-state index in [4.69, 9.17) is 9.15 Å². The van der Waals surface area contributed by atoms with Crippen LogP contribution in [0, 0.1) is 0 Å². The number of hydrogen-bond acceptors (Lipinski definition) is 6. The molecule has 2 amide bonds. The van der Waals surface area contributed by atoms with Crippen molar-refractivity contribution in [1.29, 1.82) is 0 Å². The summed E-state index contributed by atoms with van der Waals surface area (Å²) in [5.74, 6) is -0.221. The van der Waals surface area contributed by atoms with Crippen molar-refractivity contribution in [3.05, 3.63) is 120 Å². The zero-order valence-corrected chi connectivity index (χ0v) is 25.6. The zero-order valence-electron chi connectivity index (χ0n) is 25.6. The Kier molecular flexibility index (Phi) is 7.96. The van der Waals surface area contributed by atoms with E-state index < -0.39 is 11.7 Å². The topological polar surface area (TPSA) is 96.7 Å². The highest BCUT2D eigenvalue weighted by molar-refractivity contribution is 6.09. The van der Waals surface area contributed by atoms with Crippen LogP contribution in [0.2, 0.25) is 0 Å². The van der Waals surface area contributed by atoms with Gasteiger partial charge >= 0.3 is 6.09 Å². The molecule has 226 valence electrons. The van der Waals surface area contributed by atoms with Crippen molar-refractivity contribution in [1.82, 2.24) is 9.88 Å². The van der Waals surface area contributed by atoms with E-state index in [1.807, 2.05) is 99.6 Å². The van der Waals surface area contributed by atoms with Crippen LogP contribution in [0.25, 0.3) is 33.2 Å². The van der Waals surface area contributed by atoms with Gasteiger partial charge < -0.3 is 24.7 Å². The smallest absolute Gasteiger partial charge is 0.410 e. The lowest BCUT2D eigenvalue weighted by molar-refractivity contribution is 0.0285. The maximum absolute atomic E-state index is 12.9. The number of aromatic nitrogens is 1. The molecular weight excluding hydrogens is 564 g/mol. The zero-order chi connectivity index (χ0) is 31.6. The fourth-order valence-corrected chi connectivity index (χ4v) is 5.05. The normalized spacial score (nSPS) is 11.4. The number of nitrogens with zero attached hydrogens (tertiary/aromatic N) is 2. The van der Waals surface area contributed by atoms with Crippen LogP contribution in [0.5, 0.6) is 0 Å². The van der Waals surface area contributed by atoms with E-state index in [0.29, 0.717) is 17.8 Å². The number of anilines is 3. The number of benzene rings is 4. The summed E-state index contributed by atoms with van der Waals surface area (Å²) in [5, 5.41) is 8.50. The van der Waals surface area contributed by atoms with Crippen LogP contribution >= 0.6 is 0 Å². The van der Waals surface area contributed by atoms with Gasteiger partial charge in [-0.15, -0.1) is 0 Å². The second kappa shape index (κ2) is 12.2. The number of amides is 2. The molecule has 0 saturated carbocycles. The second-order valence-corrected chi connectivity index (χ2v) is 11.9. The SMILES string of the molecule is CN(Cc1ccc(C(=O)Nc2ccc(Nc3ccnc(-c4cccc5c4oc4ccccc45)c3)cc2)cc1)C(=O)OC(C)(C)C. The Morgan fingerprint density at radius 1 is 0.822 bits per heavy atom. The third kappa shape index (κ3) is 6.80. The van der Waals surface area contributed by atoms with E-state index in [9.17, 15) is 9.59 Å². The number of pyridine rings is 1. The maximum Gasteiger partial charge on any atom is 0.410 e. The highest BCUT2D eigenvalue weighted by atomic mass is 16.6. The Balaban J connectivity index is 1.09. The second-order valence-electron chi connectivity index (χ2n) is 11.9. The molecule has 45 heavy (non-hydrogen) atoms. The molecule has 0 aliphatic heterocycles. The van der Waals surface area contributed by atoms with Gasteiger partial charge in [-0.05, 0) is 87.0 Å². The molecule has 0 aliphatic carbocycles. The molecule has 0 atom stereocenters. The molecule has 0 bridgehead atoms. The summed E-state index contributed by atoms with van der Waals surface area (Å²) in [6.07, 6.45) is 1.38. The molecule has 0 aliphatic rings. The number of ether oxygens (including phenoxy) is 1. The molecule has 4 aromatic carbocycles. The van der Waals surface area contributed by atoms with Gasteiger partial charge in [0.25, 0.3) is 5.91 Å².